The summed E-state index contributed by atoms with van der Waals surface area (Å²) in [4.78, 5) is 19.0. The SMILES string of the molecule is C[C@@H](NC(=O)c1cc2c(s1)CCCCC2)c1nc(-c2ccc(F)cc2)no1. The molecule has 0 bridgehead atoms. The van der Waals surface area contributed by atoms with Gasteiger partial charge in [0.1, 0.15) is 11.9 Å². The van der Waals surface area contributed by atoms with Crippen molar-refractivity contribution in [3.8, 4) is 11.4 Å². The third kappa shape index (κ3) is 3.93. The number of aryl methyl sites for hydroxylation is 2. The molecule has 1 aromatic carbocycles. The molecule has 5 nitrogen and oxygen atoms in total. The number of halogens is 1. The van der Waals surface area contributed by atoms with E-state index in [0.29, 0.717) is 17.3 Å². The molecule has 0 aliphatic heterocycles. The number of aromatic nitrogens is 2. The van der Waals surface area contributed by atoms with Crippen LogP contribution in [-0.4, -0.2) is 16.0 Å². The molecular weight excluding hydrogens is 365 g/mol. The summed E-state index contributed by atoms with van der Waals surface area (Å²) in [5, 5.41) is 6.85. The number of amides is 1. The first-order valence-electron chi connectivity index (χ1n) is 9.12. The quantitative estimate of drug-likeness (QED) is 0.661. The molecule has 4 rings (SSSR count). The van der Waals surface area contributed by atoms with Gasteiger partial charge in [-0.1, -0.05) is 11.6 Å². The molecule has 2 aromatic heterocycles. The Morgan fingerprint density at radius 1 is 1.22 bits per heavy atom. The molecule has 0 unspecified atom stereocenters. The zero-order valence-electron chi connectivity index (χ0n) is 15.0. The number of nitrogens with one attached hydrogen (secondary N) is 1. The van der Waals surface area contributed by atoms with Crippen LogP contribution >= 0.6 is 11.3 Å². The summed E-state index contributed by atoms with van der Waals surface area (Å²) in [5.74, 6) is 0.245. The number of hydrogen-bond acceptors (Lipinski definition) is 5. The molecule has 1 atom stereocenters. The van der Waals surface area contributed by atoms with E-state index in [4.69, 9.17) is 4.52 Å². The molecular formula is C20H20FN3O2S. The van der Waals surface area contributed by atoms with Crippen molar-refractivity contribution in [2.75, 3.05) is 0 Å². The molecule has 0 radical (unpaired) electrons. The minimum Gasteiger partial charge on any atom is -0.340 e. The first-order chi connectivity index (χ1) is 13.1. The first-order valence-corrected chi connectivity index (χ1v) is 9.94. The average molecular weight is 385 g/mol. The fourth-order valence-electron chi connectivity index (χ4n) is 3.24. The van der Waals surface area contributed by atoms with Gasteiger partial charge in [-0.15, -0.1) is 11.3 Å². The topological polar surface area (TPSA) is 68.0 Å². The third-order valence-corrected chi connectivity index (χ3v) is 5.97. The zero-order valence-corrected chi connectivity index (χ0v) is 15.8. The maximum atomic E-state index is 13.0. The Hall–Kier alpha value is -2.54. The highest BCUT2D eigenvalue weighted by Gasteiger charge is 2.21. The van der Waals surface area contributed by atoms with Crippen LogP contribution in [0.2, 0.25) is 0 Å². The summed E-state index contributed by atoms with van der Waals surface area (Å²) in [5.41, 5.74) is 1.97. The lowest BCUT2D eigenvalue weighted by Gasteiger charge is -2.08. The fourth-order valence-corrected chi connectivity index (χ4v) is 4.39. The van der Waals surface area contributed by atoms with Crippen molar-refractivity contribution in [1.82, 2.24) is 15.5 Å². The van der Waals surface area contributed by atoms with E-state index < -0.39 is 6.04 Å². The number of hydrogen-bond donors (Lipinski definition) is 1. The Morgan fingerprint density at radius 3 is 2.81 bits per heavy atom. The number of rotatable bonds is 4. The van der Waals surface area contributed by atoms with Gasteiger partial charge >= 0.3 is 0 Å². The summed E-state index contributed by atoms with van der Waals surface area (Å²) in [6, 6.07) is 7.47. The van der Waals surface area contributed by atoms with Crippen LogP contribution in [0.15, 0.2) is 34.9 Å². The molecule has 0 saturated heterocycles. The number of thiophene rings is 1. The maximum absolute atomic E-state index is 13.0. The van der Waals surface area contributed by atoms with Gasteiger partial charge in [0.25, 0.3) is 5.91 Å². The van der Waals surface area contributed by atoms with Gasteiger partial charge in [0.2, 0.25) is 11.7 Å². The van der Waals surface area contributed by atoms with Crippen LogP contribution in [0, 0.1) is 5.82 Å². The second-order valence-electron chi connectivity index (χ2n) is 6.78. The van der Waals surface area contributed by atoms with E-state index >= 15 is 0 Å². The summed E-state index contributed by atoms with van der Waals surface area (Å²) in [7, 11) is 0. The molecule has 1 aliphatic carbocycles. The Bertz CT molecular complexity index is 925. The highest BCUT2D eigenvalue weighted by Crippen LogP contribution is 2.29. The first kappa shape index (κ1) is 17.9. The van der Waals surface area contributed by atoms with Gasteiger partial charge in [-0.2, -0.15) is 4.98 Å². The van der Waals surface area contributed by atoms with Gasteiger partial charge in [0.15, 0.2) is 0 Å². The molecule has 2 heterocycles. The van der Waals surface area contributed by atoms with Crippen LogP contribution in [0.3, 0.4) is 0 Å². The van der Waals surface area contributed by atoms with Crippen LogP contribution in [0.1, 0.15) is 58.2 Å². The Kier molecular flexibility index (Phi) is 5.03. The van der Waals surface area contributed by atoms with Gasteiger partial charge in [0, 0.05) is 10.4 Å². The summed E-state index contributed by atoms with van der Waals surface area (Å²) in [6.45, 7) is 1.80. The number of carbonyl (C=O) groups is 1. The van der Waals surface area contributed by atoms with E-state index in [0.717, 1.165) is 17.7 Å². The largest absolute Gasteiger partial charge is 0.340 e. The van der Waals surface area contributed by atoms with Gasteiger partial charge < -0.3 is 9.84 Å². The molecule has 1 N–H and O–H groups in total. The lowest BCUT2D eigenvalue weighted by Crippen LogP contribution is -2.26. The van der Waals surface area contributed by atoms with Gasteiger partial charge in [-0.3, -0.25) is 4.79 Å². The molecule has 1 aliphatic rings. The second-order valence-corrected chi connectivity index (χ2v) is 7.91. The summed E-state index contributed by atoms with van der Waals surface area (Å²) >= 11 is 1.58. The highest BCUT2D eigenvalue weighted by molar-refractivity contribution is 7.14. The third-order valence-electron chi connectivity index (χ3n) is 4.73. The predicted octanol–water partition coefficient (Wildman–Crippen LogP) is 4.70. The van der Waals surface area contributed by atoms with Gasteiger partial charge in [-0.25, -0.2) is 4.39 Å². The lowest BCUT2D eigenvalue weighted by molar-refractivity contribution is 0.0936. The molecule has 7 heteroatoms. The molecule has 0 saturated carbocycles. The number of carbonyl (C=O) groups excluding carboxylic acids is 1. The van der Waals surface area contributed by atoms with E-state index in [1.807, 2.05) is 6.07 Å². The molecule has 0 spiro atoms. The van der Waals surface area contributed by atoms with Crippen molar-refractivity contribution < 1.29 is 13.7 Å². The van der Waals surface area contributed by atoms with E-state index in [1.165, 1.54) is 41.8 Å². The monoisotopic (exact) mass is 385 g/mol. The standard InChI is InChI=1S/C20H20FN3O2S/c1-12(20-23-18(24-26-20)13-7-9-15(21)10-8-13)22-19(25)17-11-14-5-3-2-4-6-16(14)27-17/h7-12H,2-6H2,1H3,(H,22,25)/t12-/m1/s1. The van der Waals surface area contributed by atoms with Crippen molar-refractivity contribution >= 4 is 17.2 Å². The van der Waals surface area contributed by atoms with Crippen molar-refractivity contribution in [3.05, 3.63) is 57.4 Å². The van der Waals surface area contributed by atoms with Crippen LogP contribution in [0.4, 0.5) is 4.39 Å². The van der Waals surface area contributed by atoms with Crippen LogP contribution in [-0.2, 0) is 12.8 Å². The number of fused-ring (bicyclic) bond motifs is 1. The zero-order chi connectivity index (χ0) is 18.8. The number of benzene rings is 1. The van der Waals surface area contributed by atoms with Gasteiger partial charge in [-0.05, 0) is 68.5 Å². The van der Waals surface area contributed by atoms with Crippen molar-refractivity contribution in [1.29, 1.82) is 0 Å². The van der Waals surface area contributed by atoms with Crippen molar-refractivity contribution in [2.45, 2.75) is 45.1 Å². The molecule has 3 aromatic rings. The number of nitrogens with zero attached hydrogens (tertiary/aromatic N) is 2. The van der Waals surface area contributed by atoms with Crippen LogP contribution in [0.5, 0.6) is 0 Å². The van der Waals surface area contributed by atoms with Crippen molar-refractivity contribution in [3.63, 3.8) is 0 Å². The summed E-state index contributed by atoms with van der Waals surface area (Å²) < 4.78 is 18.3. The summed E-state index contributed by atoms with van der Waals surface area (Å²) in [6.07, 6.45) is 5.76. The van der Waals surface area contributed by atoms with Gasteiger partial charge in [0.05, 0.1) is 4.88 Å². The average Bonchev–Trinajstić information content (AvgIpc) is 3.25. The van der Waals surface area contributed by atoms with Crippen LogP contribution in [0.25, 0.3) is 11.4 Å². The Balaban J connectivity index is 1.45. The van der Waals surface area contributed by atoms with Crippen LogP contribution < -0.4 is 5.32 Å². The second kappa shape index (κ2) is 7.60. The molecule has 27 heavy (non-hydrogen) atoms. The minimum atomic E-state index is -0.416. The molecule has 0 fully saturated rings. The normalized spacial score (nSPS) is 15.0. The fraction of sp³-hybridized carbons (Fsp3) is 0.350. The predicted molar refractivity (Wildman–Crippen MR) is 101 cm³/mol. The smallest absolute Gasteiger partial charge is 0.262 e. The highest BCUT2D eigenvalue weighted by atomic mass is 32.1. The maximum Gasteiger partial charge on any atom is 0.262 e. The van der Waals surface area contributed by atoms with E-state index in [-0.39, 0.29) is 11.7 Å². The Labute approximate surface area is 160 Å². The molecule has 1 amide bonds. The van der Waals surface area contributed by atoms with E-state index in [1.54, 1.807) is 30.4 Å². The lowest BCUT2D eigenvalue weighted by atomic mass is 10.1. The minimum absolute atomic E-state index is 0.123. The molecule has 140 valence electrons. The van der Waals surface area contributed by atoms with Crippen molar-refractivity contribution in [2.24, 2.45) is 0 Å². The van der Waals surface area contributed by atoms with E-state index in [2.05, 4.69) is 15.5 Å². The Morgan fingerprint density at radius 2 is 2.00 bits per heavy atom. The van der Waals surface area contributed by atoms with E-state index in [9.17, 15) is 9.18 Å².